The standard InChI is InChI=1S/C21H27N5O4S/c1-6-11(7-2)30-18-14-12(8-3)15(20(28)29)31-19(14)26-21(25-18)24-17(27)16-22-10(5)13(9-4)23-16/h11H,6-9H2,1-5H3,(H,22,23)(H,28,29)(H,24,25,26,27). The molecule has 0 aliphatic carbocycles. The predicted octanol–water partition coefficient (Wildman–Crippen LogP) is 4.37. The molecule has 3 heterocycles. The summed E-state index contributed by atoms with van der Waals surface area (Å²) in [5.41, 5.74) is 2.29. The largest absolute Gasteiger partial charge is 0.477 e. The highest BCUT2D eigenvalue weighted by atomic mass is 32.1. The molecule has 10 heteroatoms. The van der Waals surface area contributed by atoms with E-state index in [1.807, 2.05) is 34.6 Å². The summed E-state index contributed by atoms with van der Waals surface area (Å²) in [5.74, 6) is -0.975. The number of H-pyrrole nitrogens is 1. The van der Waals surface area contributed by atoms with Gasteiger partial charge in [0.2, 0.25) is 11.8 Å². The smallest absolute Gasteiger partial charge is 0.346 e. The molecule has 0 spiro atoms. The first-order chi connectivity index (χ1) is 14.8. The van der Waals surface area contributed by atoms with Crippen LogP contribution in [0.3, 0.4) is 0 Å². The van der Waals surface area contributed by atoms with E-state index in [0.717, 1.165) is 42.0 Å². The lowest BCUT2D eigenvalue weighted by Crippen LogP contribution is -2.18. The van der Waals surface area contributed by atoms with Gasteiger partial charge in [0.15, 0.2) is 5.82 Å². The Morgan fingerprint density at radius 2 is 1.84 bits per heavy atom. The molecule has 1 amide bonds. The molecule has 0 bridgehead atoms. The lowest BCUT2D eigenvalue weighted by Gasteiger charge is -2.16. The van der Waals surface area contributed by atoms with Gasteiger partial charge in [-0.25, -0.2) is 14.8 Å². The van der Waals surface area contributed by atoms with Crippen LogP contribution in [0.4, 0.5) is 5.95 Å². The SMILES string of the molecule is CCc1[nH]c(C(=O)Nc2nc(OC(CC)CC)c3c(CC)c(C(=O)O)sc3n2)nc1C. The van der Waals surface area contributed by atoms with E-state index in [1.165, 1.54) is 0 Å². The Morgan fingerprint density at radius 1 is 1.13 bits per heavy atom. The number of anilines is 1. The van der Waals surface area contributed by atoms with Crippen molar-refractivity contribution in [2.24, 2.45) is 0 Å². The predicted molar refractivity (Wildman–Crippen MR) is 119 cm³/mol. The summed E-state index contributed by atoms with van der Waals surface area (Å²) < 4.78 is 6.12. The second-order valence-corrected chi connectivity index (χ2v) is 8.11. The van der Waals surface area contributed by atoms with Gasteiger partial charge in [0, 0.05) is 5.69 Å². The monoisotopic (exact) mass is 445 g/mol. The molecule has 0 aliphatic heterocycles. The maximum atomic E-state index is 12.7. The summed E-state index contributed by atoms with van der Waals surface area (Å²) >= 11 is 1.05. The van der Waals surface area contributed by atoms with Crippen LogP contribution in [0.15, 0.2) is 0 Å². The highest BCUT2D eigenvalue weighted by Crippen LogP contribution is 2.37. The van der Waals surface area contributed by atoms with Crippen molar-refractivity contribution in [3.8, 4) is 5.88 Å². The molecular formula is C21H27N5O4S. The Bertz CT molecular complexity index is 1120. The lowest BCUT2D eigenvalue weighted by atomic mass is 10.1. The zero-order chi connectivity index (χ0) is 22.7. The van der Waals surface area contributed by atoms with Gasteiger partial charge in [-0.15, -0.1) is 11.3 Å². The number of thiophene rings is 1. The van der Waals surface area contributed by atoms with E-state index in [2.05, 4.69) is 25.3 Å². The minimum atomic E-state index is -1.02. The number of aromatic amines is 1. The molecule has 3 aromatic rings. The van der Waals surface area contributed by atoms with Crippen LogP contribution in [0.5, 0.6) is 5.88 Å². The topological polar surface area (TPSA) is 130 Å². The first kappa shape index (κ1) is 22.7. The Labute approximate surface area is 184 Å². The van der Waals surface area contributed by atoms with E-state index in [4.69, 9.17) is 4.74 Å². The fraction of sp³-hybridized carbons (Fsp3) is 0.476. The summed E-state index contributed by atoms with van der Waals surface area (Å²) in [5, 5.41) is 12.9. The third-order valence-electron chi connectivity index (χ3n) is 5.13. The number of nitrogens with zero attached hydrogens (tertiary/aromatic N) is 3. The number of fused-ring (bicyclic) bond motifs is 1. The van der Waals surface area contributed by atoms with Crippen LogP contribution in [0.25, 0.3) is 10.2 Å². The molecule has 3 N–H and O–H groups in total. The van der Waals surface area contributed by atoms with Crippen molar-refractivity contribution >= 4 is 39.4 Å². The minimum Gasteiger partial charge on any atom is -0.477 e. The Kier molecular flexibility index (Phi) is 6.89. The van der Waals surface area contributed by atoms with Crippen LogP contribution >= 0.6 is 11.3 Å². The molecule has 3 rings (SSSR count). The normalized spacial score (nSPS) is 11.3. The van der Waals surface area contributed by atoms with Gasteiger partial charge in [0.05, 0.1) is 17.2 Å². The van der Waals surface area contributed by atoms with Crippen LogP contribution in [0, 0.1) is 6.92 Å². The molecule has 0 atom stereocenters. The molecule has 31 heavy (non-hydrogen) atoms. The average Bonchev–Trinajstić information content (AvgIpc) is 3.32. The fourth-order valence-corrected chi connectivity index (χ4v) is 4.49. The number of aromatic carboxylic acids is 1. The van der Waals surface area contributed by atoms with Crippen molar-refractivity contribution in [2.75, 3.05) is 5.32 Å². The van der Waals surface area contributed by atoms with E-state index in [0.29, 0.717) is 28.1 Å². The van der Waals surface area contributed by atoms with Gasteiger partial charge in [-0.2, -0.15) is 4.98 Å². The van der Waals surface area contributed by atoms with Crippen molar-refractivity contribution in [3.05, 3.63) is 27.7 Å². The number of hydrogen-bond donors (Lipinski definition) is 3. The number of carboxylic acid groups (broad SMARTS) is 1. The summed E-state index contributed by atoms with van der Waals surface area (Å²) in [7, 11) is 0. The van der Waals surface area contributed by atoms with E-state index < -0.39 is 11.9 Å². The van der Waals surface area contributed by atoms with Gasteiger partial charge in [-0.1, -0.05) is 27.7 Å². The number of aromatic nitrogens is 4. The van der Waals surface area contributed by atoms with Crippen LogP contribution in [-0.2, 0) is 12.8 Å². The molecule has 166 valence electrons. The number of aryl methyl sites for hydroxylation is 3. The molecule has 0 fully saturated rings. The fourth-order valence-electron chi connectivity index (χ4n) is 3.40. The number of imidazole rings is 1. The number of carboxylic acids is 1. The number of nitrogens with one attached hydrogen (secondary N) is 2. The van der Waals surface area contributed by atoms with E-state index in [1.54, 1.807) is 0 Å². The van der Waals surface area contributed by atoms with E-state index in [-0.39, 0.29) is 22.8 Å². The van der Waals surface area contributed by atoms with Crippen molar-refractivity contribution < 1.29 is 19.4 Å². The molecule has 0 radical (unpaired) electrons. The molecule has 3 aromatic heterocycles. The third kappa shape index (κ3) is 4.53. The molecule has 0 saturated carbocycles. The minimum absolute atomic E-state index is 0.0476. The summed E-state index contributed by atoms with van der Waals surface area (Å²) in [6.45, 7) is 9.72. The van der Waals surface area contributed by atoms with Gasteiger partial charge in [0.1, 0.15) is 9.71 Å². The summed E-state index contributed by atoms with van der Waals surface area (Å²) in [4.78, 5) is 41.2. The Morgan fingerprint density at radius 3 is 2.39 bits per heavy atom. The molecule has 0 aliphatic rings. The van der Waals surface area contributed by atoms with Crippen molar-refractivity contribution in [3.63, 3.8) is 0 Å². The van der Waals surface area contributed by atoms with Gasteiger partial charge in [0.25, 0.3) is 5.91 Å². The molecule has 0 unspecified atom stereocenters. The van der Waals surface area contributed by atoms with Gasteiger partial charge in [-0.05, 0) is 38.2 Å². The van der Waals surface area contributed by atoms with Gasteiger partial charge < -0.3 is 14.8 Å². The number of carbonyl (C=O) groups is 2. The molecular weight excluding hydrogens is 418 g/mol. The zero-order valence-electron chi connectivity index (χ0n) is 18.3. The van der Waals surface area contributed by atoms with Crippen LogP contribution in [0.2, 0.25) is 0 Å². The molecule has 9 nitrogen and oxygen atoms in total. The summed E-state index contributed by atoms with van der Waals surface area (Å²) in [6, 6.07) is 0. The number of ether oxygens (including phenoxy) is 1. The average molecular weight is 446 g/mol. The van der Waals surface area contributed by atoms with Gasteiger partial charge in [-0.3, -0.25) is 10.1 Å². The van der Waals surface area contributed by atoms with Crippen molar-refractivity contribution in [1.29, 1.82) is 0 Å². The van der Waals surface area contributed by atoms with E-state index in [9.17, 15) is 14.7 Å². The second-order valence-electron chi connectivity index (χ2n) is 7.11. The number of carbonyl (C=O) groups excluding carboxylic acids is 1. The van der Waals surface area contributed by atoms with Crippen molar-refractivity contribution in [2.45, 2.75) is 66.4 Å². The first-order valence-corrected chi connectivity index (χ1v) is 11.2. The van der Waals surface area contributed by atoms with Crippen LogP contribution in [-0.4, -0.2) is 43.0 Å². The van der Waals surface area contributed by atoms with E-state index >= 15 is 0 Å². The number of amides is 1. The van der Waals surface area contributed by atoms with Gasteiger partial charge >= 0.3 is 5.97 Å². The molecule has 0 saturated heterocycles. The lowest BCUT2D eigenvalue weighted by molar-refractivity contribution is 0.0701. The second kappa shape index (κ2) is 9.42. The quantitative estimate of drug-likeness (QED) is 0.446. The maximum absolute atomic E-state index is 12.7. The maximum Gasteiger partial charge on any atom is 0.346 e. The number of hydrogen-bond acceptors (Lipinski definition) is 7. The van der Waals surface area contributed by atoms with Crippen LogP contribution in [0.1, 0.15) is 77.8 Å². The summed E-state index contributed by atoms with van der Waals surface area (Å²) in [6.07, 6.45) is 2.69. The highest BCUT2D eigenvalue weighted by Gasteiger charge is 2.24. The highest BCUT2D eigenvalue weighted by molar-refractivity contribution is 7.20. The Balaban J connectivity index is 2.07. The van der Waals surface area contributed by atoms with Crippen molar-refractivity contribution in [1.82, 2.24) is 19.9 Å². The Hall–Kier alpha value is -3.01. The molecule has 0 aromatic carbocycles. The third-order valence-corrected chi connectivity index (χ3v) is 6.25. The first-order valence-electron chi connectivity index (χ1n) is 10.4. The van der Waals surface area contributed by atoms with Crippen LogP contribution < -0.4 is 10.1 Å². The number of rotatable bonds is 9. The zero-order valence-corrected chi connectivity index (χ0v) is 19.1.